The molecule has 1 heterocycles. The van der Waals surface area contributed by atoms with Crippen LogP contribution >= 0.6 is 0 Å². The second-order valence-electron chi connectivity index (χ2n) is 6.79. The highest BCUT2D eigenvalue weighted by Gasteiger charge is 2.24. The molecule has 1 aliphatic rings. The number of fused-ring (bicyclic) bond motifs is 1. The number of imide groups is 1. The summed E-state index contributed by atoms with van der Waals surface area (Å²) < 4.78 is 5.12. The summed E-state index contributed by atoms with van der Waals surface area (Å²) >= 11 is 0. The lowest BCUT2D eigenvalue weighted by Crippen LogP contribution is -2.48. The van der Waals surface area contributed by atoms with Crippen LogP contribution in [0.5, 0.6) is 0 Å². The molecule has 0 aliphatic heterocycles. The first kappa shape index (κ1) is 19.5. The summed E-state index contributed by atoms with van der Waals surface area (Å²) in [7, 11) is 0. The van der Waals surface area contributed by atoms with Crippen molar-refractivity contribution in [1.29, 1.82) is 0 Å². The molecule has 1 saturated carbocycles. The average Bonchev–Trinajstić information content (AvgIpc) is 2.69. The Bertz CT molecular complexity index is 949. The smallest absolute Gasteiger partial charge is 0.360 e. The van der Waals surface area contributed by atoms with Crippen LogP contribution in [0.1, 0.15) is 49.5 Å². The number of aromatic amines is 1. The van der Waals surface area contributed by atoms with Crippen LogP contribution in [-0.2, 0) is 9.53 Å². The van der Waals surface area contributed by atoms with Gasteiger partial charge in [-0.1, -0.05) is 37.5 Å². The van der Waals surface area contributed by atoms with E-state index in [4.69, 9.17) is 4.74 Å². The van der Waals surface area contributed by atoms with Gasteiger partial charge in [-0.15, -0.1) is 0 Å². The molecule has 0 unspecified atom stereocenters. The predicted octanol–water partition coefficient (Wildman–Crippen LogP) is 1.63. The molecule has 0 bridgehead atoms. The number of H-pyrrole nitrogens is 1. The second-order valence-corrected chi connectivity index (χ2v) is 6.79. The Morgan fingerprint density at radius 3 is 2.54 bits per heavy atom. The third-order valence-electron chi connectivity index (χ3n) is 4.72. The molecular weight excluding hydrogens is 364 g/mol. The first-order valence-electron chi connectivity index (χ1n) is 9.25. The summed E-state index contributed by atoms with van der Waals surface area (Å²) in [5.41, 5.74) is -0.543. The standard InChI is InChI=1S/C19H22N4O5/c1-11(16(24)21-19(27)20-12-7-3-2-4-8-12)28-18(26)15-13-9-5-6-10-14(13)17(25)23-22-15/h5-6,9-12H,2-4,7-8H2,1H3,(H,23,25)(H2,20,21,24,27)/t11-/m0/s1. The number of benzene rings is 1. The van der Waals surface area contributed by atoms with Crippen molar-refractivity contribution >= 4 is 28.7 Å². The van der Waals surface area contributed by atoms with Gasteiger partial charge in [0.2, 0.25) is 0 Å². The van der Waals surface area contributed by atoms with Crippen molar-refractivity contribution in [3.8, 4) is 0 Å². The fourth-order valence-corrected chi connectivity index (χ4v) is 3.22. The number of rotatable bonds is 4. The zero-order valence-electron chi connectivity index (χ0n) is 15.5. The van der Waals surface area contributed by atoms with Gasteiger partial charge in [-0.3, -0.25) is 14.9 Å². The summed E-state index contributed by atoms with van der Waals surface area (Å²) in [6.07, 6.45) is 3.81. The Morgan fingerprint density at radius 1 is 1.14 bits per heavy atom. The van der Waals surface area contributed by atoms with E-state index in [9.17, 15) is 19.2 Å². The topological polar surface area (TPSA) is 130 Å². The zero-order chi connectivity index (χ0) is 20.1. The lowest BCUT2D eigenvalue weighted by molar-refractivity contribution is -0.127. The van der Waals surface area contributed by atoms with Gasteiger partial charge in [0.25, 0.3) is 11.5 Å². The van der Waals surface area contributed by atoms with Gasteiger partial charge in [0, 0.05) is 11.4 Å². The Kier molecular flexibility index (Phi) is 6.03. The quantitative estimate of drug-likeness (QED) is 0.685. The van der Waals surface area contributed by atoms with E-state index in [1.807, 2.05) is 0 Å². The molecule has 0 radical (unpaired) electrons. The first-order valence-corrected chi connectivity index (χ1v) is 9.25. The molecule has 1 aromatic carbocycles. The van der Waals surface area contributed by atoms with Crippen LogP contribution in [0, 0.1) is 0 Å². The van der Waals surface area contributed by atoms with E-state index in [0.29, 0.717) is 5.39 Å². The van der Waals surface area contributed by atoms with Crippen molar-refractivity contribution in [2.75, 3.05) is 0 Å². The maximum atomic E-state index is 12.4. The average molecular weight is 386 g/mol. The largest absolute Gasteiger partial charge is 0.448 e. The SMILES string of the molecule is C[C@H](OC(=O)c1n[nH]c(=O)c2ccccc12)C(=O)NC(=O)NC1CCCCC1. The van der Waals surface area contributed by atoms with Crippen LogP contribution < -0.4 is 16.2 Å². The minimum Gasteiger partial charge on any atom is -0.448 e. The number of urea groups is 1. The van der Waals surface area contributed by atoms with Crippen molar-refractivity contribution in [3.63, 3.8) is 0 Å². The lowest BCUT2D eigenvalue weighted by Gasteiger charge is -2.23. The molecule has 148 valence electrons. The molecular formula is C19H22N4O5. The molecule has 9 nitrogen and oxygen atoms in total. The Morgan fingerprint density at radius 2 is 1.82 bits per heavy atom. The van der Waals surface area contributed by atoms with Crippen LogP contribution in [0.2, 0.25) is 0 Å². The lowest BCUT2D eigenvalue weighted by atomic mass is 9.96. The highest BCUT2D eigenvalue weighted by Crippen LogP contribution is 2.17. The number of ether oxygens (including phenoxy) is 1. The number of carbonyl (C=O) groups excluding carboxylic acids is 3. The van der Waals surface area contributed by atoms with E-state index < -0.39 is 29.6 Å². The summed E-state index contributed by atoms with van der Waals surface area (Å²) in [5, 5.41) is 11.5. The maximum absolute atomic E-state index is 12.4. The number of esters is 1. The monoisotopic (exact) mass is 386 g/mol. The van der Waals surface area contributed by atoms with E-state index in [2.05, 4.69) is 20.8 Å². The second kappa shape index (κ2) is 8.64. The van der Waals surface area contributed by atoms with Gasteiger partial charge >= 0.3 is 12.0 Å². The van der Waals surface area contributed by atoms with E-state index in [0.717, 1.165) is 32.1 Å². The summed E-state index contributed by atoms with van der Waals surface area (Å²) in [5.74, 6) is -1.61. The predicted molar refractivity (Wildman–Crippen MR) is 101 cm³/mol. The summed E-state index contributed by atoms with van der Waals surface area (Å²) in [6, 6.07) is 5.89. The van der Waals surface area contributed by atoms with Crippen molar-refractivity contribution in [2.24, 2.45) is 0 Å². The van der Waals surface area contributed by atoms with Crippen molar-refractivity contribution < 1.29 is 19.1 Å². The number of amides is 3. The number of hydrogen-bond donors (Lipinski definition) is 3. The third kappa shape index (κ3) is 4.54. The minimum absolute atomic E-state index is 0.0520. The molecule has 0 saturated heterocycles. The van der Waals surface area contributed by atoms with E-state index in [-0.39, 0.29) is 17.1 Å². The molecule has 1 aromatic heterocycles. The van der Waals surface area contributed by atoms with E-state index in [1.165, 1.54) is 6.92 Å². The van der Waals surface area contributed by atoms with Gasteiger partial charge in [0.15, 0.2) is 11.8 Å². The third-order valence-corrected chi connectivity index (χ3v) is 4.72. The van der Waals surface area contributed by atoms with Crippen molar-refractivity contribution in [1.82, 2.24) is 20.8 Å². The van der Waals surface area contributed by atoms with Gasteiger partial charge in [-0.2, -0.15) is 5.10 Å². The number of nitrogens with zero attached hydrogens (tertiary/aromatic N) is 1. The fourth-order valence-electron chi connectivity index (χ4n) is 3.22. The zero-order valence-corrected chi connectivity index (χ0v) is 15.5. The van der Waals surface area contributed by atoms with Crippen LogP contribution in [0.25, 0.3) is 10.8 Å². The van der Waals surface area contributed by atoms with Gasteiger partial charge in [0.1, 0.15) is 0 Å². The number of carbonyl (C=O) groups is 3. The minimum atomic E-state index is -1.21. The summed E-state index contributed by atoms with van der Waals surface area (Å²) in [4.78, 5) is 48.3. The molecule has 0 spiro atoms. The Hall–Kier alpha value is -3.23. The molecule has 1 fully saturated rings. The van der Waals surface area contributed by atoms with Crippen LogP contribution in [0.4, 0.5) is 4.79 Å². The molecule has 1 aliphatic carbocycles. The van der Waals surface area contributed by atoms with Crippen LogP contribution in [0.15, 0.2) is 29.1 Å². The van der Waals surface area contributed by atoms with E-state index >= 15 is 0 Å². The highest BCUT2D eigenvalue weighted by atomic mass is 16.5. The molecule has 28 heavy (non-hydrogen) atoms. The van der Waals surface area contributed by atoms with Crippen LogP contribution in [-0.4, -0.2) is 40.3 Å². The van der Waals surface area contributed by atoms with Crippen molar-refractivity contribution in [2.45, 2.75) is 51.2 Å². The molecule has 3 rings (SSSR count). The molecule has 3 N–H and O–H groups in total. The maximum Gasteiger partial charge on any atom is 0.360 e. The van der Waals surface area contributed by atoms with Crippen LogP contribution in [0.3, 0.4) is 0 Å². The highest BCUT2D eigenvalue weighted by molar-refractivity contribution is 6.03. The van der Waals surface area contributed by atoms with Gasteiger partial charge in [-0.05, 0) is 25.8 Å². The van der Waals surface area contributed by atoms with Gasteiger partial charge in [0.05, 0.1) is 5.39 Å². The normalized spacial score (nSPS) is 15.6. The molecule has 1 atom stereocenters. The molecule has 3 amide bonds. The van der Waals surface area contributed by atoms with E-state index in [1.54, 1.807) is 24.3 Å². The fraction of sp³-hybridized carbons (Fsp3) is 0.421. The molecule has 9 heteroatoms. The number of nitrogens with one attached hydrogen (secondary N) is 3. The summed E-state index contributed by atoms with van der Waals surface area (Å²) in [6.45, 7) is 1.36. The molecule has 2 aromatic rings. The van der Waals surface area contributed by atoms with Gasteiger partial charge in [-0.25, -0.2) is 14.7 Å². The van der Waals surface area contributed by atoms with Gasteiger partial charge < -0.3 is 10.1 Å². The Labute approximate surface area is 160 Å². The first-order chi connectivity index (χ1) is 13.5. The number of aromatic nitrogens is 2. The van der Waals surface area contributed by atoms with Crippen molar-refractivity contribution in [3.05, 3.63) is 40.3 Å². The number of hydrogen-bond acceptors (Lipinski definition) is 6. The Balaban J connectivity index is 1.61.